The minimum atomic E-state index is -3.54. The lowest BCUT2D eigenvalue weighted by Crippen LogP contribution is -2.44. The standard InChI is InChI=1S/C14H19N5O3S.ClH/c1-19-7-6-16-8-12(19)13-17-14(22-18-13)11-4-2-10(3-5-11)9-23(15,20)21;/h2-5,12,16H,6-9H2,1H3,(H2,15,20,21);1H. The lowest BCUT2D eigenvalue weighted by atomic mass is 10.1. The summed E-state index contributed by atoms with van der Waals surface area (Å²) in [5.74, 6) is 0.866. The highest BCUT2D eigenvalue weighted by molar-refractivity contribution is 7.88. The third-order valence-corrected chi connectivity index (χ3v) is 4.56. The van der Waals surface area contributed by atoms with Gasteiger partial charge < -0.3 is 9.84 Å². The third-order valence-electron chi connectivity index (χ3n) is 3.82. The summed E-state index contributed by atoms with van der Waals surface area (Å²) in [5.41, 5.74) is 1.36. The Morgan fingerprint density at radius 3 is 2.71 bits per heavy atom. The molecule has 24 heavy (non-hydrogen) atoms. The zero-order chi connectivity index (χ0) is 16.4. The molecule has 8 nitrogen and oxygen atoms in total. The molecule has 1 saturated heterocycles. The second-order valence-corrected chi connectivity index (χ2v) is 7.28. The monoisotopic (exact) mass is 373 g/mol. The van der Waals surface area contributed by atoms with Gasteiger partial charge in [0.25, 0.3) is 5.89 Å². The molecular formula is C14H20ClN5O3S. The van der Waals surface area contributed by atoms with Crippen molar-refractivity contribution in [1.29, 1.82) is 0 Å². The van der Waals surface area contributed by atoms with E-state index in [1.54, 1.807) is 24.3 Å². The summed E-state index contributed by atoms with van der Waals surface area (Å²) in [6, 6.07) is 6.97. The van der Waals surface area contributed by atoms with Crippen molar-refractivity contribution in [2.75, 3.05) is 26.7 Å². The van der Waals surface area contributed by atoms with Crippen molar-refractivity contribution in [2.45, 2.75) is 11.8 Å². The normalized spacial score (nSPS) is 19.0. The van der Waals surface area contributed by atoms with E-state index >= 15 is 0 Å². The molecular weight excluding hydrogens is 354 g/mol. The zero-order valence-corrected chi connectivity index (χ0v) is 14.8. The lowest BCUT2D eigenvalue weighted by molar-refractivity contribution is 0.190. The smallest absolute Gasteiger partial charge is 0.257 e. The maximum Gasteiger partial charge on any atom is 0.257 e. The molecule has 1 fully saturated rings. The van der Waals surface area contributed by atoms with E-state index in [9.17, 15) is 8.42 Å². The van der Waals surface area contributed by atoms with Crippen molar-refractivity contribution in [3.63, 3.8) is 0 Å². The average Bonchev–Trinajstić information content (AvgIpc) is 2.96. The molecule has 132 valence electrons. The van der Waals surface area contributed by atoms with Gasteiger partial charge >= 0.3 is 0 Å². The maximum absolute atomic E-state index is 11.1. The number of benzene rings is 1. The molecule has 0 saturated carbocycles. The van der Waals surface area contributed by atoms with E-state index in [2.05, 4.69) is 20.4 Å². The van der Waals surface area contributed by atoms with Crippen LogP contribution in [0.4, 0.5) is 0 Å². The van der Waals surface area contributed by atoms with Crippen molar-refractivity contribution in [2.24, 2.45) is 5.14 Å². The Kier molecular flexibility index (Phi) is 5.94. The van der Waals surface area contributed by atoms with Crippen molar-refractivity contribution in [1.82, 2.24) is 20.4 Å². The van der Waals surface area contributed by atoms with Crippen molar-refractivity contribution >= 4 is 22.4 Å². The molecule has 0 bridgehead atoms. The van der Waals surface area contributed by atoms with Gasteiger partial charge in [0.15, 0.2) is 5.82 Å². The summed E-state index contributed by atoms with van der Waals surface area (Å²) < 4.78 is 27.5. The number of hydrogen-bond donors (Lipinski definition) is 2. The highest BCUT2D eigenvalue weighted by Crippen LogP contribution is 2.23. The van der Waals surface area contributed by atoms with Crippen molar-refractivity contribution in [3.05, 3.63) is 35.7 Å². The molecule has 2 aromatic rings. The van der Waals surface area contributed by atoms with Gasteiger partial charge in [-0.1, -0.05) is 17.3 Å². The second-order valence-electron chi connectivity index (χ2n) is 5.66. The zero-order valence-electron chi connectivity index (χ0n) is 13.2. The van der Waals surface area contributed by atoms with E-state index < -0.39 is 10.0 Å². The Balaban J connectivity index is 0.00000208. The lowest BCUT2D eigenvalue weighted by Gasteiger charge is -2.30. The number of nitrogens with zero attached hydrogens (tertiary/aromatic N) is 3. The second kappa shape index (κ2) is 7.58. The Bertz CT molecular complexity index is 778. The van der Waals surface area contributed by atoms with Crippen LogP contribution in [0.5, 0.6) is 0 Å². The predicted octanol–water partition coefficient (Wildman–Crippen LogP) is 0.523. The molecule has 3 rings (SSSR count). The van der Waals surface area contributed by atoms with E-state index in [4.69, 9.17) is 9.66 Å². The van der Waals surface area contributed by atoms with Crippen LogP contribution in [-0.4, -0.2) is 50.1 Å². The molecule has 0 aliphatic carbocycles. The quantitative estimate of drug-likeness (QED) is 0.802. The fourth-order valence-electron chi connectivity index (χ4n) is 2.56. The number of piperazine rings is 1. The number of nitrogens with two attached hydrogens (primary N) is 1. The number of likely N-dealkylation sites (N-methyl/N-ethyl adjacent to an activating group) is 1. The molecule has 1 atom stereocenters. The molecule has 1 aliphatic rings. The van der Waals surface area contributed by atoms with Gasteiger partial charge in [-0.05, 0) is 24.7 Å². The van der Waals surface area contributed by atoms with Crippen LogP contribution < -0.4 is 10.5 Å². The fraction of sp³-hybridized carbons (Fsp3) is 0.429. The molecule has 1 aromatic carbocycles. The Hall–Kier alpha value is -1.52. The molecule has 0 spiro atoms. The molecule has 0 radical (unpaired) electrons. The van der Waals surface area contributed by atoms with E-state index in [-0.39, 0.29) is 24.2 Å². The van der Waals surface area contributed by atoms with Gasteiger partial charge in [-0.3, -0.25) is 4.90 Å². The van der Waals surface area contributed by atoms with E-state index in [1.807, 2.05) is 7.05 Å². The molecule has 1 unspecified atom stereocenters. The molecule has 1 aliphatic heterocycles. The number of nitrogens with one attached hydrogen (secondary N) is 1. The third kappa shape index (κ3) is 4.52. The van der Waals surface area contributed by atoms with Gasteiger partial charge in [0.05, 0.1) is 11.8 Å². The van der Waals surface area contributed by atoms with Crippen LogP contribution in [0.1, 0.15) is 17.4 Å². The summed E-state index contributed by atoms with van der Waals surface area (Å²) in [4.78, 5) is 6.64. The minimum Gasteiger partial charge on any atom is -0.334 e. The molecule has 1 aromatic heterocycles. The topological polar surface area (TPSA) is 114 Å². The van der Waals surface area contributed by atoms with Crippen LogP contribution in [0.2, 0.25) is 0 Å². The van der Waals surface area contributed by atoms with Crippen LogP contribution in [0.25, 0.3) is 11.5 Å². The first-order valence-electron chi connectivity index (χ1n) is 7.27. The molecule has 3 N–H and O–H groups in total. The molecule has 2 heterocycles. The van der Waals surface area contributed by atoms with Gasteiger partial charge in [0, 0.05) is 25.2 Å². The Morgan fingerprint density at radius 2 is 2.08 bits per heavy atom. The van der Waals surface area contributed by atoms with Crippen LogP contribution >= 0.6 is 12.4 Å². The van der Waals surface area contributed by atoms with Gasteiger partial charge in [0.1, 0.15) is 0 Å². The number of rotatable bonds is 4. The summed E-state index contributed by atoms with van der Waals surface area (Å²) in [7, 11) is -1.50. The molecule has 0 amide bonds. The maximum atomic E-state index is 11.1. The fourth-order valence-corrected chi connectivity index (χ4v) is 3.21. The average molecular weight is 374 g/mol. The number of sulfonamides is 1. The number of aromatic nitrogens is 2. The molecule has 10 heteroatoms. The number of halogens is 1. The van der Waals surface area contributed by atoms with Gasteiger partial charge in [-0.25, -0.2) is 13.6 Å². The Morgan fingerprint density at radius 1 is 1.38 bits per heavy atom. The number of hydrogen-bond acceptors (Lipinski definition) is 7. The minimum absolute atomic E-state index is 0. The van der Waals surface area contributed by atoms with Crippen LogP contribution in [-0.2, 0) is 15.8 Å². The summed E-state index contributed by atoms with van der Waals surface area (Å²) >= 11 is 0. The van der Waals surface area contributed by atoms with Crippen LogP contribution in [0.15, 0.2) is 28.8 Å². The summed E-state index contributed by atoms with van der Waals surface area (Å²) in [6.45, 7) is 2.66. The van der Waals surface area contributed by atoms with E-state index in [0.717, 1.165) is 25.2 Å². The van der Waals surface area contributed by atoms with Gasteiger partial charge in [0.2, 0.25) is 10.0 Å². The SMILES string of the molecule is CN1CCNCC1c1noc(-c2ccc(CS(N)(=O)=O)cc2)n1.Cl. The van der Waals surface area contributed by atoms with E-state index in [1.165, 1.54) is 0 Å². The largest absolute Gasteiger partial charge is 0.334 e. The van der Waals surface area contributed by atoms with Gasteiger partial charge in [-0.2, -0.15) is 4.98 Å². The first-order chi connectivity index (χ1) is 10.9. The number of primary sulfonamides is 1. The van der Waals surface area contributed by atoms with E-state index in [0.29, 0.717) is 17.3 Å². The van der Waals surface area contributed by atoms with Crippen molar-refractivity contribution in [3.8, 4) is 11.5 Å². The van der Waals surface area contributed by atoms with Crippen LogP contribution in [0.3, 0.4) is 0 Å². The van der Waals surface area contributed by atoms with Crippen molar-refractivity contribution < 1.29 is 12.9 Å². The predicted molar refractivity (Wildman–Crippen MR) is 92.0 cm³/mol. The Labute approximate surface area is 146 Å². The highest BCUT2D eigenvalue weighted by atomic mass is 35.5. The van der Waals surface area contributed by atoms with Gasteiger partial charge in [-0.15, -0.1) is 12.4 Å². The summed E-state index contributed by atoms with van der Waals surface area (Å²) in [5, 5.41) is 12.4. The first-order valence-corrected chi connectivity index (χ1v) is 8.98. The summed E-state index contributed by atoms with van der Waals surface area (Å²) in [6.07, 6.45) is 0. The highest BCUT2D eigenvalue weighted by Gasteiger charge is 2.25. The first kappa shape index (κ1) is 18.8. The van der Waals surface area contributed by atoms with Crippen LogP contribution in [0, 0.1) is 0 Å².